The molecule has 0 unspecified atom stereocenters. The van der Waals surface area contributed by atoms with Gasteiger partial charge in [0.1, 0.15) is 6.04 Å². The molecule has 0 heterocycles. The highest BCUT2D eigenvalue weighted by Crippen LogP contribution is 2.09. The largest absolute Gasteiger partial charge is 0.480 e. The summed E-state index contributed by atoms with van der Waals surface area (Å²) in [5.74, 6) is -1.22. The number of nitrogens with two attached hydrogens (primary N) is 1. The van der Waals surface area contributed by atoms with Gasteiger partial charge in [-0.1, -0.05) is 31.9 Å². The van der Waals surface area contributed by atoms with Gasteiger partial charge < -0.3 is 16.2 Å². The van der Waals surface area contributed by atoms with Crippen molar-refractivity contribution in [2.75, 3.05) is 5.73 Å². The summed E-state index contributed by atoms with van der Waals surface area (Å²) in [4.78, 5) is 22.8. The Kier molecular flexibility index (Phi) is 6.56. The number of nitrogen functional groups attached to an aromatic ring is 1. The SMILES string of the molecule is CCCC[C@H](NC(=O)CCc1cccc(N)c1)C(=O)O. The molecule has 1 rings (SSSR count). The summed E-state index contributed by atoms with van der Waals surface area (Å²) in [5.41, 5.74) is 7.30. The Hall–Kier alpha value is -2.04. The average molecular weight is 278 g/mol. The highest BCUT2D eigenvalue weighted by molar-refractivity contribution is 5.83. The molecule has 0 bridgehead atoms. The first kappa shape index (κ1) is 16.0. The van der Waals surface area contributed by atoms with Crippen LogP contribution in [0.1, 0.15) is 38.2 Å². The molecule has 0 radical (unpaired) electrons. The van der Waals surface area contributed by atoms with E-state index in [1.165, 1.54) is 0 Å². The van der Waals surface area contributed by atoms with E-state index in [9.17, 15) is 9.59 Å². The van der Waals surface area contributed by atoms with Gasteiger partial charge in [0, 0.05) is 12.1 Å². The van der Waals surface area contributed by atoms with Crippen molar-refractivity contribution in [3.8, 4) is 0 Å². The van der Waals surface area contributed by atoms with E-state index in [0.29, 0.717) is 18.5 Å². The van der Waals surface area contributed by atoms with Crippen molar-refractivity contribution in [1.82, 2.24) is 5.32 Å². The lowest BCUT2D eigenvalue weighted by Gasteiger charge is -2.14. The van der Waals surface area contributed by atoms with Crippen molar-refractivity contribution in [2.24, 2.45) is 0 Å². The van der Waals surface area contributed by atoms with E-state index in [4.69, 9.17) is 10.8 Å². The molecular weight excluding hydrogens is 256 g/mol. The molecule has 0 saturated carbocycles. The van der Waals surface area contributed by atoms with Crippen molar-refractivity contribution >= 4 is 17.6 Å². The number of aryl methyl sites for hydroxylation is 1. The summed E-state index contributed by atoms with van der Waals surface area (Å²) in [6.07, 6.45) is 2.97. The van der Waals surface area contributed by atoms with Crippen molar-refractivity contribution in [2.45, 2.75) is 45.1 Å². The molecule has 0 spiro atoms. The summed E-state index contributed by atoms with van der Waals surface area (Å²) < 4.78 is 0. The fourth-order valence-corrected chi connectivity index (χ4v) is 1.94. The second kappa shape index (κ2) is 8.19. The molecule has 0 aliphatic rings. The number of amides is 1. The van der Waals surface area contributed by atoms with Crippen LogP contribution in [0, 0.1) is 0 Å². The smallest absolute Gasteiger partial charge is 0.326 e. The number of hydrogen-bond acceptors (Lipinski definition) is 3. The van der Waals surface area contributed by atoms with Gasteiger partial charge in [-0.3, -0.25) is 4.79 Å². The van der Waals surface area contributed by atoms with Gasteiger partial charge in [0.15, 0.2) is 0 Å². The van der Waals surface area contributed by atoms with E-state index in [1.54, 1.807) is 6.07 Å². The molecule has 110 valence electrons. The second-order valence-corrected chi connectivity index (χ2v) is 4.85. The van der Waals surface area contributed by atoms with Crippen LogP contribution >= 0.6 is 0 Å². The molecule has 0 saturated heterocycles. The van der Waals surface area contributed by atoms with E-state index in [0.717, 1.165) is 18.4 Å². The predicted octanol–water partition coefficient (Wildman–Crippen LogP) is 1.96. The molecule has 1 aromatic carbocycles. The molecule has 4 N–H and O–H groups in total. The summed E-state index contributed by atoms with van der Waals surface area (Å²) in [5, 5.41) is 11.6. The molecule has 1 amide bonds. The number of carbonyl (C=O) groups excluding carboxylic acids is 1. The molecule has 5 nitrogen and oxygen atoms in total. The molecule has 0 aromatic heterocycles. The molecule has 1 aromatic rings. The van der Waals surface area contributed by atoms with Gasteiger partial charge in [-0.05, 0) is 30.5 Å². The zero-order chi connectivity index (χ0) is 15.0. The lowest BCUT2D eigenvalue weighted by atomic mass is 10.1. The van der Waals surface area contributed by atoms with Crippen LogP contribution in [0.4, 0.5) is 5.69 Å². The predicted molar refractivity (Wildman–Crippen MR) is 78.3 cm³/mol. The molecule has 0 fully saturated rings. The van der Waals surface area contributed by atoms with Crippen molar-refractivity contribution in [3.05, 3.63) is 29.8 Å². The van der Waals surface area contributed by atoms with Crippen molar-refractivity contribution < 1.29 is 14.7 Å². The zero-order valence-electron chi connectivity index (χ0n) is 11.8. The minimum absolute atomic E-state index is 0.240. The van der Waals surface area contributed by atoms with Gasteiger partial charge in [-0.2, -0.15) is 0 Å². The summed E-state index contributed by atoms with van der Waals surface area (Å²) in [6.45, 7) is 1.99. The Morgan fingerprint density at radius 2 is 2.15 bits per heavy atom. The number of benzene rings is 1. The van der Waals surface area contributed by atoms with Crippen molar-refractivity contribution in [1.29, 1.82) is 0 Å². The first-order valence-electron chi connectivity index (χ1n) is 6.89. The summed E-state index contributed by atoms with van der Waals surface area (Å²) in [6, 6.07) is 6.55. The number of nitrogens with one attached hydrogen (secondary N) is 1. The molecule has 1 atom stereocenters. The maximum Gasteiger partial charge on any atom is 0.326 e. The highest BCUT2D eigenvalue weighted by atomic mass is 16.4. The molecule has 20 heavy (non-hydrogen) atoms. The van der Waals surface area contributed by atoms with Gasteiger partial charge in [0.25, 0.3) is 0 Å². The van der Waals surface area contributed by atoms with Gasteiger partial charge in [-0.25, -0.2) is 4.79 Å². The van der Waals surface area contributed by atoms with Crippen LogP contribution in [0.2, 0.25) is 0 Å². The van der Waals surface area contributed by atoms with Crippen LogP contribution < -0.4 is 11.1 Å². The number of carboxylic acids is 1. The number of hydrogen-bond donors (Lipinski definition) is 3. The average Bonchev–Trinajstić information content (AvgIpc) is 2.41. The van der Waals surface area contributed by atoms with Crippen LogP contribution in [-0.2, 0) is 16.0 Å². The molecule has 0 aliphatic carbocycles. The van der Waals surface area contributed by atoms with Gasteiger partial charge in [0.05, 0.1) is 0 Å². The van der Waals surface area contributed by atoms with Crippen LogP contribution in [0.5, 0.6) is 0 Å². The van der Waals surface area contributed by atoms with E-state index in [2.05, 4.69) is 5.32 Å². The van der Waals surface area contributed by atoms with E-state index < -0.39 is 12.0 Å². The standard InChI is InChI=1S/C15H22N2O3/c1-2-3-7-13(15(19)20)17-14(18)9-8-11-5-4-6-12(16)10-11/h4-6,10,13H,2-3,7-9,16H2,1H3,(H,17,18)(H,19,20)/t13-/m0/s1. The zero-order valence-corrected chi connectivity index (χ0v) is 11.8. The Balaban J connectivity index is 2.43. The summed E-state index contributed by atoms with van der Waals surface area (Å²) in [7, 11) is 0. The van der Waals surface area contributed by atoms with Crippen LogP contribution in [0.15, 0.2) is 24.3 Å². The van der Waals surface area contributed by atoms with Gasteiger partial charge in [0.2, 0.25) is 5.91 Å². The van der Waals surface area contributed by atoms with Crippen LogP contribution in [0.25, 0.3) is 0 Å². The van der Waals surface area contributed by atoms with E-state index >= 15 is 0 Å². The van der Waals surface area contributed by atoms with Crippen molar-refractivity contribution in [3.63, 3.8) is 0 Å². The Labute approximate surface area is 119 Å². The topological polar surface area (TPSA) is 92.4 Å². The third-order valence-electron chi connectivity index (χ3n) is 3.07. The quantitative estimate of drug-likeness (QED) is 0.634. The Morgan fingerprint density at radius 3 is 2.75 bits per heavy atom. The molecule has 5 heteroatoms. The van der Waals surface area contributed by atoms with Gasteiger partial charge in [-0.15, -0.1) is 0 Å². The second-order valence-electron chi connectivity index (χ2n) is 4.85. The maximum absolute atomic E-state index is 11.8. The fraction of sp³-hybridized carbons (Fsp3) is 0.467. The Bertz CT molecular complexity index is 460. The first-order valence-corrected chi connectivity index (χ1v) is 6.89. The number of anilines is 1. The van der Waals surface area contributed by atoms with Gasteiger partial charge >= 0.3 is 5.97 Å². The summed E-state index contributed by atoms with van der Waals surface area (Å²) >= 11 is 0. The number of unbranched alkanes of at least 4 members (excludes halogenated alkanes) is 1. The lowest BCUT2D eigenvalue weighted by Crippen LogP contribution is -2.40. The Morgan fingerprint density at radius 1 is 1.40 bits per heavy atom. The third-order valence-corrected chi connectivity index (χ3v) is 3.07. The first-order chi connectivity index (χ1) is 9.52. The van der Waals surface area contributed by atoms with Crippen LogP contribution in [0.3, 0.4) is 0 Å². The number of rotatable bonds is 8. The monoisotopic (exact) mass is 278 g/mol. The minimum Gasteiger partial charge on any atom is -0.480 e. The number of aliphatic carboxylic acids is 1. The molecular formula is C15H22N2O3. The fourth-order valence-electron chi connectivity index (χ4n) is 1.94. The van der Waals surface area contributed by atoms with E-state index in [-0.39, 0.29) is 12.3 Å². The van der Waals surface area contributed by atoms with E-state index in [1.807, 2.05) is 25.1 Å². The minimum atomic E-state index is -0.976. The normalized spacial score (nSPS) is 11.8. The molecule has 0 aliphatic heterocycles. The lowest BCUT2D eigenvalue weighted by molar-refractivity contribution is -0.142. The highest BCUT2D eigenvalue weighted by Gasteiger charge is 2.18. The van der Waals surface area contributed by atoms with Crippen LogP contribution in [-0.4, -0.2) is 23.0 Å². The number of carboxylic acid groups (broad SMARTS) is 1. The third kappa shape index (κ3) is 5.73. The maximum atomic E-state index is 11.8. The number of carbonyl (C=O) groups is 2.